The van der Waals surface area contributed by atoms with E-state index in [-0.39, 0.29) is 35.2 Å². The van der Waals surface area contributed by atoms with Gasteiger partial charge in [0.15, 0.2) is 0 Å². The van der Waals surface area contributed by atoms with Gasteiger partial charge in [-0.15, -0.1) is 0 Å². The first-order chi connectivity index (χ1) is 13.8. The summed E-state index contributed by atoms with van der Waals surface area (Å²) < 4.78 is 40.0. The zero-order valence-corrected chi connectivity index (χ0v) is 15.2. The van der Waals surface area contributed by atoms with Gasteiger partial charge in [0.2, 0.25) is 5.91 Å². The smallest absolute Gasteiger partial charge is 0.394 e. The fourth-order valence-corrected chi connectivity index (χ4v) is 3.78. The van der Waals surface area contributed by atoms with E-state index in [0.29, 0.717) is 23.9 Å². The van der Waals surface area contributed by atoms with Crippen molar-refractivity contribution >= 4 is 22.4 Å². The number of rotatable bonds is 3. The maximum absolute atomic E-state index is 13.3. The van der Waals surface area contributed by atoms with Crippen LogP contribution in [0.1, 0.15) is 18.4 Å². The van der Waals surface area contributed by atoms with E-state index in [1.807, 2.05) is 0 Å². The Kier molecular flexibility index (Phi) is 4.66. The molecule has 4 rings (SSSR count). The van der Waals surface area contributed by atoms with E-state index in [1.165, 1.54) is 35.2 Å². The Labute approximate surface area is 163 Å². The minimum absolute atomic E-state index is 0.0636. The third-order valence-corrected chi connectivity index (χ3v) is 5.17. The molecule has 0 radical (unpaired) electrons. The first-order valence-electron chi connectivity index (χ1n) is 9.06. The van der Waals surface area contributed by atoms with Gasteiger partial charge in [-0.1, -0.05) is 24.3 Å². The van der Waals surface area contributed by atoms with E-state index in [0.717, 1.165) is 6.07 Å². The number of aliphatic hydroxyl groups excluding tert-OH is 1. The molecule has 29 heavy (non-hydrogen) atoms. The quantitative estimate of drug-likeness (QED) is 0.702. The zero-order valence-electron chi connectivity index (χ0n) is 15.2. The van der Waals surface area contributed by atoms with Gasteiger partial charge in [-0.25, -0.2) is 0 Å². The number of hydrogen-bond acceptors (Lipinski definition) is 3. The van der Waals surface area contributed by atoms with Gasteiger partial charge < -0.3 is 15.0 Å². The molecule has 0 saturated carbocycles. The maximum Gasteiger partial charge on any atom is 0.417 e. The van der Waals surface area contributed by atoms with Crippen LogP contribution in [0.15, 0.2) is 53.3 Å². The number of aromatic amines is 1. The molecule has 1 amide bonds. The second-order valence-corrected chi connectivity index (χ2v) is 6.97. The zero-order chi connectivity index (χ0) is 20.8. The lowest BCUT2D eigenvalue weighted by Gasteiger charge is -2.23. The van der Waals surface area contributed by atoms with Crippen molar-refractivity contribution in [2.75, 3.05) is 11.5 Å². The number of H-pyrrole nitrogens is 1. The summed E-state index contributed by atoms with van der Waals surface area (Å²) in [5.41, 5.74) is -0.955. The van der Waals surface area contributed by atoms with Gasteiger partial charge in [0.05, 0.1) is 18.2 Å². The fraction of sp³-hybridized carbons (Fsp3) is 0.238. The molecule has 3 aromatic rings. The molecule has 0 spiro atoms. The topological polar surface area (TPSA) is 73.4 Å². The van der Waals surface area contributed by atoms with Gasteiger partial charge in [0.25, 0.3) is 5.56 Å². The van der Waals surface area contributed by atoms with Crippen LogP contribution < -0.4 is 10.5 Å². The normalized spacial score (nSPS) is 17.3. The Morgan fingerprint density at radius 3 is 2.59 bits per heavy atom. The Morgan fingerprint density at radius 1 is 1.10 bits per heavy atom. The lowest BCUT2D eigenvalue weighted by atomic mass is 10.0. The summed E-state index contributed by atoms with van der Waals surface area (Å²) in [6.45, 7) is -0.187. The number of aromatic nitrogens is 1. The number of halogens is 3. The average molecular weight is 402 g/mol. The molecule has 1 aromatic heterocycles. The second-order valence-electron chi connectivity index (χ2n) is 6.97. The molecule has 0 bridgehead atoms. The van der Waals surface area contributed by atoms with Gasteiger partial charge >= 0.3 is 6.18 Å². The highest BCUT2D eigenvalue weighted by Gasteiger charge is 2.34. The predicted molar refractivity (Wildman–Crippen MR) is 103 cm³/mol. The molecule has 2 heterocycles. The van der Waals surface area contributed by atoms with Crippen LogP contribution in [-0.4, -0.2) is 28.6 Å². The summed E-state index contributed by atoms with van der Waals surface area (Å²) in [5.74, 6) is -0.143. The molecule has 2 aromatic carbocycles. The van der Waals surface area contributed by atoms with Crippen LogP contribution in [0.25, 0.3) is 22.0 Å². The molecule has 2 N–H and O–H groups in total. The first-order valence-corrected chi connectivity index (χ1v) is 9.06. The molecule has 1 aliphatic heterocycles. The van der Waals surface area contributed by atoms with Crippen LogP contribution in [0, 0.1) is 0 Å². The van der Waals surface area contributed by atoms with Crippen LogP contribution in [-0.2, 0) is 11.0 Å². The molecule has 8 heteroatoms. The standard InChI is InChI=1S/C21H17F3N2O3/c22-21(23,24)17-4-2-1-3-15(17)18-9-12-5-6-13(10-16(12)20(29)25-18)26-14(11-27)7-8-19(26)28/h1-6,9-10,14,27H,7-8,11H2,(H,25,29). The van der Waals surface area contributed by atoms with E-state index < -0.39 is 17.3 Å². The number of pyridine rings is 1. The number of aliphatic hydroxyl groups is 1. The molecular weight excluding hydrogens is 385 g/mol. The molecule has 0 aliphatic carbocycles. The molecule has 5 nitrogen and oxygen atoms in total. The van der Waals surface area contributed by atoms with Crippen molar-refractivity contribution in [3.63, 3.8) is 0 Å². The molecule has 1 saturated heterocycles. The van der Waals surface area contributed by atoms with Crippen molar-refractivity contribution in [2.45, 2.75) is 25.1 Å². The van der Waals surface area contributed by atoms with Gasteiger partial charge in [0.1, 0.15) is 0 Å². The van der Waals surface area contributed by atoms with Crippen LogP contribution in [0.4, 0.5) is 18.9 Å². The van der Waals surface area contributed by atoms with Crippen LogP contribution >= 0.6 is 0 Å². The Balaban J connectivity index is 1.83. The Hall–Kier alpha value is -3.13. The average Bonchev–Trinajstić information content (AvgIpc) is 3.07. The minimum Gasteiger partial charge on any atom is -0.394 e. The number of carbonyl (C=O) groups excluding carboxylic acids is 1. The van der Waals surface area contributed by atoms with Crippen molar-refractivity contribution in [2.24, 2.45) is 0 Å². The van der Waals surface area contributed by atoms with Gasteiger partial charge in [-0.05, 0) is 36.1 Å². The maximum atomic E-state index is 13.3. The lowest BCUT2D eigenvalue weighted by Crippen LogP contribution is -2.35. The summed E-state index contributed by atoms with van der Waals surface area (Å²) in [6.07, 6.45) is -3.72. The van der Waals surface area contributed by atoms with E-state index in [4.69, 9.17) is 0 Å². The number of fused-ring (bicyclic) bond motifs is 1. The van der Waals surface area contributed by atoms with Crippen molar-refractivity contribution in [1.29, 1.82) is 0 Å². The van der Waals surface area contributed by atoms with Gasteiger partial charge in [-0.3, -0.25) is 9.59 Å². The van der Waals surface area contributed by atoms with Gasteiger partial charge in [-0.2, -0.15) is 13.2 Å². The minimum atomic E-state index is -4.55. The van der Waals surface area contributed by atoms with E-state index in [9.17, 15) is 27.9 Å². The molecule has 1 unspecified atom stereocenters. The SMILES string of the molecule is O=C1CCC(CO)N1c1ccc2cc(-c3ccccc3C(F)(F)F)[nH]c(=O)c2c1. The van der Waals surface area contributed by atoms with Crippen LogP contribution in [0.5, 0.6) is 0 Å². The molecular formula is C21H17F3N2O3. The summed E-state index contributed by atoms with van der Waals surface area (Å²) in [5, 5.41) is 10.2. The van der Waals surface area contributed by atoms with E-state index in [1.54, 1.807) is 12.1 Å². The Morgan fingerprint density at radius 2 is 1.86 bits per heavy atom. The number of nitrogens with zero attached hydrogens (tertiary/aromatic N) is 1. The van der Waals surface area contributed by atoms with E-state index in [2.05, 4.69) is 4.98 Å². The number of anilines is 1. The monoisotopic (exact) mass is 402 g/mol. The molecule has 150 valence electrons. The number of hydrogen-bond donors (Lipinski definition) is 2. The lowest BCUT2D eigenvalue weighted by molar-refractivity contribution is -0.137. The number of benzene rings is 2. The van der Waals surface area contributed by atoms with Crippen LogP contribution in [0.3, 0.4) is 0 Å². The van der Waals surface area contributed by atoms with Crippen LogP contribution in [0.2, 0.25) is 0 Å². The Bertz CT molecular complexity index is 1150. The highest BCUT2D eigenvalue weighted by Crippen LogP contribution is 2.37. The number of amides is 1. The number of nitrogens with one attached hydrogen (secondary N) is 1. The highest BCUT2D eigenvalue weighted by molar-refractivity contribution is 5.99. The van der Waals surface area contributed by atoms with Crippen molar-refractivity contribution in [3.8, 4) is 11.3 Å². The van der Waals surface area contributed by atoms with E-state index >= 15 is 0 Å². The van der Waals surface area contributed by atoms with Gasteiger partial charge in [0, 0.05) is 28.8 Å². The molecule has 1 atom stereocenters. The second kappa shape index (κ2) is 7.04. The number of carbonyl (C=O) groups is 1. The summed E-state index contributed by atoms with van der Waals surface area (Å²) in [7, 11) is 0. The third-order valence-electron chi connectivity index (χ3n) is 5.17. The number of alkyl halides is 3. The predicted octanol–water partition coefficient (Wildman–Crippen LogP) is 3.70. The third kappa shape index (κ3) is 3.40. The summed E-state index contributed by atoms with van der Waals surface area (Å²) >= 11 is 0. The van der Waals surface area contributed by atoms with Crippen molar-refractivity contribution in [3.05, 3.63) is 64.4 Å². The molecule has 1 aliphatic rings. The van der Waals surface area contributed by atoms with Crippen molar-refractivity contribution < 1.29 is 23.1 Å². The fourth-order valence-electron chi connectivity index (χ4n) is 3.78. The summed E-state index contributed by atoms with van der Waals surface area (Å²) in [6, 6.07) is 10.9. The highest BCUT2D eigenvalue weighted by atomic mass is 19.4. The van der Waals surface area contributed by atoms with Crippen molar-refractivity contribution in [1.82, 2.24) is 4.98 Å². The molecule has 1 fully saturated rings. The largest absolute Gasteiger partial charge is 0.417 e. The summed E-state index contributed by atoms with van der Waals surface area (Å²) in [4.78, 5) is 28.8. The first kappa shape index (κ1) is 19.2.